The number of carboxylic acids is 1. The van der Waals surface area contributed by atoms with Gasteiger partial charge in [0.05, 0.1) is 6.54 Å². The van der Waals surface area contributed by atoms with Crippen LogP contribution in [0.1, 0.15) is 49.7 Å². The monoisotopic (exact) mass is 468 g/mol. The van der Waals surface area contributed by atoms with E-state index in [0.717, 1.165) is 35.1 Å². The molecule has 1 aliphatic rings. The summed E-state index contributed by atoms with van der Waals surface area (Å²) >= 11 is 0. The second-order valence-corrected chi connectivity index (χ2v) is 8.38. The molecule has 0 fully saturated rings. The summed E-state index contributed by atoms with van der Waals surface area (Å²) in [7, 11) is 1.27. The van der Waals surface area contributed by atoms with Crippen molar-refractivity contribution in [2.75, 3.05) is 20.3 Å². The third kappa shape index (κ3) is 6.35. The summed E-state index contributed by atoms with van der Waals surface area (Å²) in [4.78, 5) is 36.0. The number of aliphatic carboxylic acids is 1. The maximum atomic E-state index is 12.6. The zero-order valence-corrected chi connectivity index (χ0v) is 19.6. The molecule has 1 unspecified atom stereocenters. The van der Waals surface area contributed by atoms with E-state index in [1.165, 1.54) is 7.11 Å². The minimum Gasteiger partial charge on any atom is -0.479 e. The first kappa shape index (κ1) is 25.2. The van der Waals surface area contributed by atoms with Gasteiger partial charge in [-0.3, -0.25) is 4.79 Å². The first-order chi connectivity index (χ1) is 16.4. The van der Waals surface area contributed by atoms with Gasteiger partial charge in [0.2, 0.25) is 5.91 Å². The van der Waals surface area contributed by atoms with Gasteiger partial charge in [-0.2, -0.15) is 0 Å². The number of carboxylic acid groups (broad SMARTS) is 1. The van der Waals surface area contributed by atoms with E-state index >= 15 is 0 Å². The molecule has 0 bridgehead atoms. The van der Waals surface area contributed by atoms with Crippen molar-refractivity contribution in [3.8, 4) is 11.1 Å². The van der Waals surface area contributed by atoms with Crippen LogP contribution < -0.4 is 10.6 Å². The first-order valence-electron chi connectivity index (χ1n) is 11.6. The lowest BCUT2D eigenvalue weighted by molar-refractivity contribution is -0.148. The third-order valence-electron chi connectivity index (χ3n) is 6.05. The largest absolute Gasteiger partial charge is 0.479 e. The fourth-order valence-electron chi connectivity index (χ4n) is 4.26. The molecule has 3 rings (SSSR count). The zero-order chi connectivity index (χ0) is 24.5. The number of ether oxygens (including phenoxy) is 2. The van der Waals surface area contributed by atoms with Crippen LogP contribution in [0.25, 0.3) is 11.1 Å². The van der Waals surface area contributed by atoms with E-state index in [0.29, 0.717) is 6.42 Å². The SMILES string of the molecule is CCCC[C@H](CC(=O)NCC(OC)C(=O)O)NC(=O)OCC1c2ccccc2-c2ccccc21. The third-order valence-corrected chi connectivity index (χ3v) is 6.05. The minimum atomic E-state index is -1.15. The van der Waals surface area contributed by atoms with Crippen molar-refractivity contribution in [2.24, 2.45) is 0 Å². The van der Waals surface area contributed by atoms with Crippen LogP contribution in [0.3, 0.4) is 0 Å². The van der Waals surface area contributed by atoms with E-state index in [-0.39, 0.29) is 31.4 Å². The summed E-state index contributed by atoms with van der Waals surface area (Å²) in [5, 5.41) is 14.4. The maximum Gasteiger partial charge on any atom is 0.407 e. The fourth-order valence-corrected chi connectivity index (χ4v) is 4.26. The Morgan fingerprint density at radius 2 is 1.65 bits per heavy atom. The predicted octanol–water partition coefficient (Wildman–Crippen LogP) is 3.69. The number of carbonyl (C=O) groups excluding carboxylic acids is 2. The maximum absolute atomic E-state index is 12.6. The lowest BCUT2D eigenvalue weighted by Gasteiger charge is -2.20. The lowest BCUT2D eigenvalue weighted by Crippen LogP contribution is -2.42. The molecule has 182 valence electrons. The Labute approximate surface area is 199 Å². The van der Waals surface area contributed by atoms with Gasteiger partial charge in [0.1, 0.15) is 6.61 Å². The number of hydrogen-bond donors (Lipinski definition) is 3. The standard InChI is InChI=1S/C26H32N2O6/c1-3-4-9-17(14-24(29)27-15-23(33-2)25(30)31)28-26(32)34-16-22-20-12-7-5-10-18(20)19-11-6-8-13-21(19)22/h5-8,10-13,17,22-23H,3-4,9,14-16H2,1-2H3,(H,27,29)(H,28,32)(H,30,31)/t17-,23?/m1/s1. The van der Waals surface area contributed by atoms with Gasteiger partial charge in [-0.1, -0.05) is 68.3 Å². The number of carbonyl (C=O) groups is 3. The molecule has 34 heavy (non-hydrogen) atoms. The molecular weight excluding hydrogens is 436 g/mol. The smallest absolute Gasteiger partial charge is 0.407 e. The van der Waals surface area contributed by atoms with Gasteiger partial charge in [-0.15, -0.1) is 0 Å². The molecule has 2 aromatic rings. The Kier molecular flexibility index (Phi) is 9.04. The Balaban J connectivity index is 1.57. The molecule has 0 heterocycles. The number of benzene rings is 2. The molecule has 0 radical (unpaired) electrons. The Morgan fingerprint density at radius 3 is 2.21 bits per heavy atom. The Hall–Kier alpha value is -3.39. The van der Waals surface area contributed by atoms with Crippen LogP contribution in [0.2, 0.25) is 0 Å². The van der Waals surface area contributed by atoms with E-state index in [4.69, 9.17) is 14.6 Å². The van der Waals surface area contributed by atoms with Crippen LogP contribution in [0, 0.1) is 0 Å². The summed E-state index contributed by atoms with van der Waals surface area (Å²) in [5.74, 6) is -1.55. The fraction of sp³-hybridized carbons (Fsp3) is 0.423. The number of amides is 2. The highest BCUT2D eigenvalue weighted by Gasteiger charge is 2.29. The van der Waals surface area contributed by atoms with Crippen molar-refractivity contribution in [2.45, 2.75) is 50.7 Å². The topological polar surface area (TPSA) is 114 Å². The van der Waals surface area contributed by atoms with E-state index in [1.54, 1.807) is 0 Å². The highest BCUT2D eigenvalue weighted by Crippen LogP contribution is 2.44. The van der Waals surface area contributed by atoms with Crippen LogP contribution in [-0.4, -0.2) is 55.5 Å². The quantitative estimate of drug-likeness (QED) is 0.438. The Morgan fingerprint density at radius 1 is 1.03 bits per heavy atom. The average Bonchev–Trinajstić information content (AvgIpc) is 3.15. The highest BCUT2D eigenvalue weighted by molar-refractivity contribution is 5.80. The molecule has 0 aliphatic heterocycles. The van der Waals surface area contributed by atoms with Crippen molar-refractivity contribution in [3.05, 3.63) is 59.7 Å². The van der Waals surface area contributed by atoms with Crippen molar-refractivity contribution in [1.29, 1.82) is 0 Å². The normalized spacial score (nSPS) is 13.9. The van der Waals surface area contributed by atoms with Gasteiger partial charge in [-0.25, -0.2) is 9.59 Å². The first-order valence-corrected chi connectivity index (χ1v) is 11.6. The number of nitrogens with one attached hydrogen (secondary N) is 2. The van der Waals surface area contributed by atoms with E-state index in [9.17, 15) is 14.4 Å². The molecule has 0 spiro atoms. The molecule has 1 aliphatic carbocycles. The number of rotatable bonds is 12. The molecule has 0 saturated carbocycles. The number of hydrogen-bond acceptors (Lipinski definition) is 5. The van der Waals surface area contributed by atoms with Crippen molar-refractivity contribution in [3.63, 3.8) is 0 Å². The highest BCUT2D eigenvalue weighted by atomic mass is 16.5. The number of alkyl carbamates (subject to hydrolysis) is 1. The van der Waals surface area contributed by atoms with E-state index in [1.807, 2.05) is 31.2 Å². The van der Waals surface area contributed by atoms with Gasteiger partial charge in [-0.05, 0) is 28.7 Å². The van der Waals surface area contributed by atoms with Crippen molar-refractivity contribution >= 4 is 18.0 Å². The number of methoxy groups -OCH3 is 1. The number of unbranched alkanes of at least 4 members (excludes halogenated alkanes) is 1. The molecule has 8 nitrogen and oxygen atoms in total. The molecule has 8 heteroatoms. The summed E-state index contributed by atoms with van der Waals surface area (Å²) in [6, 6.07) is 15.8. The van der Waals surface area contributed by atoms with Crippen molar-refractivity contribution in [1.82, 2.24) is 10.6 Å². The minimum absolute atomic E-state index is 0.0280. The summed E-state index contributed by atoms with van der Waals surface area (Å²) < 4.78 is 10.4. The second-order valence-electron chi connectivity index (χ2n) is 8.38. The van der Waals surface area contributed by atoms with Gasteiger partial charge in [0, 0.05) is 25.5 Å². The van der Waals surface area contributed by atoms with Gasteiger partial charge in [0.25, 0.3) is 0 Å². The molecule has 0 aromatic heterocycles. The van der Waals surface area contributed by atoms with Crippen LogP contribution in [0.15, 0.2) is 48.5 Å². The molecule has 2 aromatic carbocycles. The average molecular weight is 469 g/mol. The second kappa shape index (κ2) is 12.2. The lowest BCUT2D eigenvalue weighted by atomic mass is 9.98. The molecule has 0 saturated heterocycles. The predicted molar refractivity (Wildman–Crippen MR) is 128 cm³/mol. The molecule has 3 N–H and O–H groups in total. The van der Waals surface area contributed by atoms with Crippen LogP contribution >= 0.6 is 0 Å². The Bertz CT molecular complexity index is 963. The van der Waals surface area contributed by atoms with Gasteiger partial charge in [0.15, 0.2) is 6.10 Å². The molecule has 2 amide bonds. The summed E-state index contributed by atoms with van der Waals surface area (Å²) in [6.07, 6.45) is 0.692. The van der Waals surface area contributed by atoms with Crippen molar-refractivity contribution < 1.29 is 29.0 Å². The van der Waals surface area contributed by atoms with Crippen LogP contribution in [0.5, 0.6) is 0 Å². The summed E-state index contributed by atoms with van der Waals surface area (Å²) in [6.45, 7) is 2.08. The van der Waals surface area contributed by atoms with Crippen LogP contribution in [0.4, 0.5) is 4.79 Å². The van der Waals surface area contributed by atoms with Crippen LogP contribution in [-0.2, 0) is 19.1 Å². The molecular formula is C26H32N2O6. The van der Waals surface area contributed by atoms with Gasteiger partial charge < -0.3 is 25.2 Å². The van der Waals surface area contributed by atoms with E-state index < -0.39 is 24.2 Å². The number of fused-ring (bicyclic) bond motifs is 3. The molecule has 2 atom stereocenters. The van der Waals surface area contributed by atoms with Gasteiger partial charge >= 0.3 is 12.1 Å². The van der Waals surface area contributed by atoms with E-state index in [2.05, 4.69) is 34.9 Å². The summed E-state index contributed by atoms with van der Waals surface area (Å²) in [5.41, 5.74) is 4.56. The zero-order valence-electron chi connectivity index (χ0n) is 19.6.